The van der Waals surface area contributed by atoms with Gasteiger partial charge < -0.3 is 10.1 Å². The van der Waals surface area contributed by atoms with Gasteiger partial charge in [-0.2, -0.15) is 4.31 Å². The van der Waals surface area contributed by atoms with E-state index in [4.69, 9.17) is 4.74 Å². The monoisotopic (exact) mass is 374 g/mol. The summed E-state index contributed by atoms with van der Waals surface area (Å²) in [6, 6.07) is 5.14. The number of benzene rings is 1. The molecule has 0 amide bonds. The molecule has 0 spiro atoms. The van der Waals surface area contributed by atoms with Crippen LogP contribution in [0.25, 0.3) is 0 Å². The number of fused-ring (bicyclic) bond motifs is 2. The zero-order valence-corrected chi connectivity index (χ0v) is 14.3. The standard InChI is InChI=1S/C14H19BrN2O3S/c1-20-14-5-4-12(8-13(14)15)21(18,19)17-10-2-3-11(17)9-16-7-6-10/h4-5,8,10-11,16H,2-3,6-7,9H2,1H3. The van der Waals surface area contributed by atoms with Gasteiger partial charge in [-0.25, -0.2) is 8.42 Å². The SMILES string of the molecule is COc1ccc(S(=O)(=O)N2C3CCNCC2CC3)cc1Br. The molecule has 116 valence electrons. The predicted octanol–water partition coefficient (Wildman–Crippen LogP) is 1.97. The average molecular weight is 375 g/mol. The minimum Gasteiger partial charge on any atom is -0.496 e. The molecule has 5 nitrogen and oxygen atoms in total. The maximum absolute atomic E-state index is 13.0. The molecule has 1 N–H and O–H groups in total. The van der Waals surface area contributed by atoms with Crippen LogP contribution in [-0.4, -0.2) is 45.0 Å². The van der Waals surface area contributed by atoms with Gasteiger partial charge >= 0.3 is 0 Å². The van der Waals surface area contributed by atoms with Crippen molar-refractivity contribution in [1.82, 2.24) is 9.62 Å². The second kappa shape index (κ2) is 5.87. The van der Waals surface area contributed by atoms with Crippen LogP contribution in [0.1, 0.15) is 19.3 Å². The molecule has 2 aliphatic rings. The van der Waals surface area contributed by atoms with Crippen LogP contribution in [0.15, 0.2) is 27.6 Å². The molecule has 2 unspecified atom stereocenters. The number of halogens is 1. The van der Waals surface area contributed by atoms with Crippen LogP contribution in [0.2, 0.25) is 0 Å². The Bertz CT molecular complexity index is 621. The smallest absolute Gasteiger partial charge is 0.243 e. The van der Waals surface area contributed by atoms with Gasteiger partial charge in [0.1, 0.15) is 5.75 Å². The van der Waals surface area contributed by atoms with E-state index in [1.54, 1.807) is 29.6 Å². The number of hydrogen-bond acceptors (Lipinski definition) is 4. The molecule has 2 saturated heterocycles. The van der Waals surface area contributed by atoms with Gasteiger partial charge in [0.2, 0.25) is 10.0 Å². The average Bonchev–Trinajstić information content (AvgIpc) is 2.72. The molecule has 2 bridgehead atoms. The predicted molar refractivity (Wildman–Crippen MR) is 84.0 cm³/mol. The van der Waals surface area contributed by atoms with Crippen molar-refractivity contribution in [3.63, 3.8) is 0 Å². The Balaban J connectivity index is 1.98. The van der Waals surface area contributed by atoms with Gasteiger partial charge in [0.05, 0.1) is 16.5 Å². The fraction of sp³-hybridized carbons (Fsp3) is 0.571. The number of nitrogens with one attached hydrogen (secondary N) is 1. The third-order valence-electron chi connectivity index (χ3n) is 4.29. The van der Waals surface area contributed by atoms with Gasteiger partial charge in [-0.1, -0.05) is 0 Å². The summed E-state index contributed by atoms with van der Waals surface area (Å²) in [4.78, 5) is 0.328. The van der Waals surface area contributed by atoms with Crippen molar-refractivity contribution in [2.24, 2.45) is 0 Å². The van der Waals surface area contributed by atoms with Gasteiger partial charge in [0.25, 0.3) is 0 Å². The third-order valence-corrected chi connectivity index (χ3v) is 6.91. The van der Waals surface area contributed by atoms with Crippen molar-refractivity contribution in [3.8, 4) is 5.75 Å². The van der Waals surface area contributed by atoms with Crippen LogP contribution < -0.4 is 10.1 Å². The lowest BCUT2D eigenvalue weighted by Gasteiger charge is -2.27. The molecule has 2 atom stereocenters. The van der Waals surface area contributed by atoms with Crippen molar-refractivity contribution in [1.29, 1.82) is 0 Å². The van der Waals surface area contributed by atoms with Crippen LogP contribution in [0.4, 0.5) is 0 Å². The van der Waals surface area contributed by atoms with Crippen LogP contribution in [0, 0.1) is 0 Å². The van der Waals surface area contributed by atoms with E-state index in [9.17, 15) is 8.42 Å². The summed E-state index contributed by atoms with van der Waals surface area (Å²) in [5.74, 6) is 0.634. The Morgan fingerprint density at radius 1 is 1.29 bits per heavy atom. The lowest BCUT2D eigenvalue weighted by Crippen LogP contribution is -2.42. The summed E-state index contributed by atoms with van der Waals surface area (Å²) >= 11 is 3.36. The second-order valence-electron chi connectivity index (χ2n) is 5.51. The largest absolute Gasteiger partial charge is 0.496 e. The summed E-state index contributed by atoms with van der Waals surface area (Å²) < 4.78 is 33.5. The third kappa shape index (κ3) is 2.72. The summed E-state index contributed by atoms with van der Waals surface area (Å²) in [6.07, 6.45) is 2.78. The van der Waals surface area contributed by atoms with Crippen LogP contribution >= 0.6 is 15.9 Å². The minimum atomic E-state index is -3.46. The Hall–Kier alpha value is -0.630. The molecule has 3 rings (SSSR count). The van der Waals surface area contributed by atoms with Gasteiger partial charge in [0, 0.05) is 18.6 Å². The van der Waals surface area contributed by atoms with Crippen molar-refractivity contribution in [2.75, 3.05) is 20.2 Å². The van der Waals surface area contributed by atoms with Crippen molar-refractivity contribution in [2.45, 2.75) is 36.2 Å². The molecule has 2 heterocycles. The number of sulfonamides is 1. The zero-order valence-electron chi connectivity index (χ0n) is 11.9. The molecule has 1 aromatic rings. The van der Waals surface area contributed by atoms with Crippen molar-refractivity contribution >= 4 is 26.0 Å². The highest BCUT2D eigenvalue weighted by Gasteiger charge is 2.43. The van der Waals surface area contributed by atoms with Crippen LogP contribution in [-0.2, 0) is 10.0 Å². The lowest BCUT2D eigenvalue weighted by atomic mass is 10.1. The molecule has 0 radical (unpaired) electrons. The summed E-state index contributed by atoms with van der Waals surface area (Å²) in [6.45, 7) is 1.63. The van der Waals surface area contributed by atoms with Gasteiger partial charge in [0.15, 0.2) is 0 Å². The van der Waals surface area contributed by atoms with E-state index in [-0.39, 0.29) is 12.1 Å². The molecule has 2 aliphatic heterocycles. The fourth-order valence-corrected chi connectivity index (χ4v) is 5.88. The Labute approximate surface area is 133 Å². The highest BCUT2D eigenvalue weighted by molar-refractivity contribution is 9.10. The Morgan fingerprint density at radius 3 is 2.76 bits per heavy atom. The maximum atomic E-state index is 13.0. The van der Waals surface area contributed by atoms with E-state index in [1.165, 1.54) is 0 Å². The van der Waals surface area contributed by atoms with Gasteiger partial charge in [-0.15, -0.1) is 0 Å². The number of methoxy groups -OCH3 is 1. The van der Waals surface area contributed by atoms with Crippen LogP contribution in [0.5, 0.6) is 5.75 Å². The summed E-state index contributed by atoms with van der Waals surface area (Å²) in [5.41, 5.74) is 0. The van der Waals surface area contributed by atoms with Crippen LogP contribution in [0.3, 0.4) is 0 Å². The lowest BCUT2D eigenvalue weighted by molar-refractivity contribution is 0.334. The molecular weight excluding hydrogens is 356 g/mol. The maximum Gasteiger partial charge on any atom is 0.243 e. The molecule has 0 aliphatic carbocycles. The Kier molecular flexibility index (Phi) is 4.27. The number of rotatable bonds is 3. The molecule has 21 heavy (non-hydrogen) atoms. The zero-order chi connectivity index (χ0) is 15.0. The Morgan fingerprint density at radius 2 is 2.05 bits per heavy atom. The highest BCUT2D eigenvalue weighted by Crippen LogP contribution is 2.35. The van der Waals surface area contributed by atoms with E-state index in [0.717, 1.165) is 32.4 Å². The number of hydrogen-bond donors (Lipinski definition) is 1. The molecule has 1 aromatic carbocycles. The summed E-state index contributed by atoms with van der Waals surface area (Å²) in [7, 11) is -1.90. The quantitative estimate of drug-likeness (QED) is 0.878. The van der Waals surface area contributed by atoms with E-state index in [2.05, 4.69) is 21.2 Å². The molecule has 0 saturated carbocycles. The first-order chi connectivity index (χ1) is 10.0. The van der Waals surface area contributed by atoms with Gasteiger partial charge in [-0.3, -0.25) is 0 Å². The molecule has 7 heteroatoms. The minimum absolute atomic E-state index is 0.0726. The first kappa shape index (κ1) is 15.3. The molecular formula is C14H19BrN2O3S. The molecule has 0 aromatic heterocycles. The number of nitrogens with zero attached hydrogens (tertiary/aromatic N) is 1. The fourth-order valence-electron chi connectivity index (χ4n) is 3.26. The van der Waals surface area contributed by atoms with E-state index < -0.39 is 10.0 Å². The highest BCUT2D eigenvalue weighted by atomic mass is 79.9. The first-order valence-electron chi connectivity index (χ1n) is 7.12. The topological polar surface area (TPSA) is 58.6 Å². The van der Waals surface area contributed by atoms with Crippen molar-refractivity contribution in [3.05, 3.63) is 22.7 Å². The normalized spacial score (nSPS) is 26.6. The van der Waals surface area contributed by atoms with E-state index in [0.29, 0.717) is 15.1 Å². The first-order valence-corrected chi connectivity index (χ1v) is 9.35. The van der Waals surface area contributed by atoms with Gasteiger partial charge in [-0.05, 0) is 59.9 Å². The van der Waals surface area contributed by atoms with E-state index in [1.807, 2.05) is 0 Å². The number of ether oxygens (including phenoxy) is 1. The second-order valence-corrected chi connectivity index (χ2v) is 8.21. The van der Waals surface area contributed by atoms with E-state index >= 15 is 0 Å². The summed E-state index contributed by atoms with van der Waals surface area (Å²) in [5, 5.41) is 3.33. The molecule has 2 fully saturated rings. The van der Waals surface area contributed by atoms with Crippen molar-refractivity contribution < 1.29 is 13.2 Å².